The van der Waals surface area contributed by atoms with Crippen LogP contribution in [0.3, 0.4) is 0 Å². The lowest BCUT2D eigenvalue weighted by atomic mass is 10.0. The van der Waals surface area contributed by atoms with Gasteiger partial charge < -0.3 is 15.4 Å². The van der Waals surface area contributed by atoms with Gasteiger partial charge in [0, 0.05) is 25.6 Å². The molecule has 1 saturated heterocycles. The van der Waals surface area contributed by atoms with Gasteiger partial charge in [0.2, 0.25) is 11.9 Å². The largest absolute Gasteiger partial charge is 0.381 e. The van der Waals surface area contributed by atoms with Gasteiger partial charge in [0.1, 0.15) is 12.7 Å². The molecule has 1 fully saturated rings. The molecule has 0 aliphatic carbocycles. The Balaban J connectivity index is 1.82. The summed E-state index contributed by atoms with van der Waals surface area (Å²) in [5.74, 6) is 1.88. The Morgan fingerprint density at radius 1 is 1.33 bits per heavy atom. The highest BCUT2D eigenvalue weighted by Gasteiger charge is 2.23. The van der Waals surface area contributed by atoms with Gasteiger partial charge in [-0.2, -0.15) is 24.7 Å². The van der Waals surface area contributed by atoms with E-state index in [1.54, 1.807) is 13.4 Å². The van der Waals surface area contributed by atoms with Crippen LogP contribution in [-0.2, 0) is 4.74 Å². The molecule has 3 heterocycles. The lowest BCUT2D eigenvalue weighted by Crippen LogP contribution is -2.27. The summed E-state index contributed by atoms with van der Waals surface area (Å²) in [6, 6.07) is 0.225. The molecule has 2 atom stereocenters. The van der Waals surface area contributed by atoms with Crippen LogP contribution in [-0.4, -0.2) is 56.0 Å². The third-order valence-electron chi connectivity index (χ3n) is 3.50. The zero-order valence-corrected chi connectivity index (χ0v) is 12.0. The first-order valence-electron chi connectivity index (χ1n) is 6.89. The molecule has 9 nitrogen and oxygen atoms in total. The topological polar surface area (TPSA) is 103 Å². The highest BCUT2D eigenvalue weighted by atomic mass is 16.5. The standard InChI is InChI=1S/C12H18N8O/c1-8(9-3-4-21-5-9)16-11-17-10(13-2)18-12(19-11)20-7-14-6-15-20/h6-9H,3-5H2,1-2H3,(H2,13,16,17,18,19). The summed E-state index contributed by atoms with van der Waals surface area (Å²) in [6.45, 7) is 3.70. The van der Waals surface area contributed by atoms with Crippen molar-refractivity contribution in [2.45, 2.75) is 19.4 Å². The molecule has 0 bridgehead atoms. The molecule has 2 unspecified atom stereocenters. The van der Waals surface area contributed by atoms with Crippen LogP contribution in [0, 0.1) is 5.92 Å². The van der Waals surface area contributed by atoms with E-state index in [1.165, 1.54) is 11.0 Å². The number of nitrogens with one attached hydrogen (secondary N) is 2. The summed E-state index contributed by atoms with van der Waals surface area (Å²) in [5.41, 5.74) is 0. The van der Waals surface area contributed by atoms with Gasteiger partial charge in [-0.15, -0.1) is 0 Å². The van der Waals surface area contributed by atoms with Crippen molar-refractivity contribution in [1.82, 2.24) is 29.7 Å². The Labute approximate surface area is 122 Å². The molecule has 112 valence electrons. The number of hydrogen-bond donors (Lipinski definition) is 2. The molecule has 0 spiro atoms. The first-order valence-corrected chi connectivity index (χ1v) is 6.89. The van der Waals surface area contributed by atoms with Crippen LogP contribution in [0.2, 0.25) is 0 Å². The van der Waals surface area contributed by atoms with Crippen molar-refractivity contribution < 1.29 is 4.74 Å². The monoisotopic (exact) mass is 290 g/mol. The number of ether oxygens (including phenoxy) is 1. The molecule has 1 aliphatic heterocycles. The van der Waals surface area contributed by atoms with E-state index in [1.807, 2.05) is 0 Å². The van der Waals surface area contributed by atoms with Gasteiger partial charge in [-0.1, -0.05) is 0 Å². The van der Waals surface area contributed by atoms with E-state index in [0.29, 0.717) is 23.8 Å². The van der Waals surface area contributed by atoms with E-state index in [9.17, 15) is 0 Å². The summed E-state index contributed by atoms with van der Waals surface area (Å²) in [5, 5.41) is 10.3. The summed E-state index contributed by atoms with van der Waals surface area (Å²) < 4.78 is 6.91. The second-order valence-corrected chi connectivity index (χ2v) is 4.93. The first kappa shape index (κ1) is 13.7. The second-order valence-electron chi connectivity index (χ2n) is 4.93. The van der Waals surface area contributed by atoms with Crippen LogP contribution in [0.1, 0.15) is 13.3 Å². The number of nitrogens with zero attached hydrogens (tertiary/aromatic N) is 6. The minimum atomic E-state index is 0.225. The Kier molecular flexibility index (Phi) is 3.91. The van der Waals surface area contributed by atoms with Crippen molar-refractivity contribution in [3.63, 3.8) is 0 Å². The highest BCUT2D eigenvalue weighted by Crippen LogP contribution is 2.19. The Hall–Kier alpha value is -2.29. The van der Waals surface area contributed by atoms with E-state index in [-0.39, 0.29) is 6.04 Å². The lowest BCUT2D eigenvalue weighted by Gasteiger charge is -2.19. The van der Waals surface area contributed by atoms with Gasteiger partial charge in [0.15, 0.2) is 0 Å². The zero-order valence-electron chi connectivity index (χ0n) is 12.0. The quantitative estimate of drug-likeness (QED) is 0.812. The minimum absolute atomic E-state index is 0.225. The average molecular weight is 290 g/mol. The molecule has 3 rings (SSSR count). The van der Waals surface area contributed by atoms with Crippen molar-refractivity contribution in [3.8, 4) is 5.95 Å². The molecule has 0 amide bonds. The third kappa shape index (κ3) is 3.07. The second kappa shape index (κ2) is 6.00. The fraction of sp³-hybridized carbons (Fsp3) is 0.583. The molecule has 0 aromatic carbocycles. The SMILES string of the molecule is CNc1nc(NC(C)C2CCOC2)nc(-n2cncn2)n1. The van der Waals surface area contributed by atoms with Crippen molar-refractivity contribution in [3.05, 3.63) is 12.7 Å². The van der Waals surface area contributed by atoms with E-state index in [0.717, 1.165) is 19.6 Å². The lowest BCUT2D eigenvalue weighted by molar-refractivity contribution is 0.183. The summed E-state index contributed by atoms with van der Waals surface area (Å²) in [4.78, 5) is 16.9. The zero-order chi connectivity index (χ0) is 14.7. The molecule has 0 radical (unpaired) electrons. The van der Waals surface area contributed by atoms with Crippen LogP contribution >= 0.6 is 0 Å². The fourth-order valence-corrected chi connectivity index (χ4v) is 2.22. The van der Waals surface area contributed by atoms with Gasteiger partial charge in [-0.25, -0.2) is 4.98 Å². The maximum Gasteiger partial charge on any atom is 0.258 e. The third-order valence-corrected chi connectivity index (χ3v) is 3.50. The molecule has 2 aromatic heterocycles. The van der Waals surface area contributed by atoms with Gasteiger partial charge in [0.05, 0.1) is 6.61 Å². The number of rotatable bonds is 5. The van der Waals surface area contributed by atoms with Crippen molar-refractivity contribution in [2.75, 3.05) is 30.9 Å². The summed E-state index contributed by atoms with van der Waals surface area (Å²) in [7, 11) is 1.76. The van der Waals surface area contributed by atoms with Crippen molar-refractivity contribution in [1.29, 1.82) is 0 Å². The van der Waals surface area contributed by atoms with E-state index >= 15 is 0 Å². The van der Waals surface area contributed by atoms with Crippen LogP contribution in [0.15, 0.2) is 12.7 Å². The predicted octanol–water partition coefficient (Wildman–Crippen LogP) is 0.331. The molecule has 9 heteroatoms. The van der Waals surface area contributed by atoms with E-state index in [4.69, 9.17) is 4.74 Å². The Morgan fingerprint density at radius 2 is 2.19 bits per heavy atom. The van der Waals surface area contributed by atoms with Crippen molar-refractivity contribution >= 4 is 11.9 Å². The average Bonchev–Trinajstić information content (AvgIpc) is 3.19. The molecule has 0 saturated carbocycles. The number of aromatic nitrogens is 6. The Bertz CT molecular complexity index is 581. The van der Waals surface area contributed by atoms with E-state index < -0.39 is 0 Å². The Morgan fingerprint density at radius 3 is 2.86 bits per heavy atom. The first-order chi connectivity index (χ1) is 10.3. The predicted molar refractivity (Wildman–Crippen MR) is 76.3 cm³/mol. The smallest absolute Gasteiger partial charge is 0.258 e. The van der Waals surface area contributed by atoms with Crippen LogP contribution in [0.5, 0.6) is 0 Å². The summed E-state index contributed by atoms with van der Waals surface area (Å²) in [6.07, 6.45) is 4.04. The molecular weight excluding hydrogens is 272 g/mol. The van der Waals surface area contributed by atoms with E-state index in [2.05, 4.69) is 42.6 Å². The highest BCUT2D eigenvalue weighted by molar-refractivity contribution is 5.37. The minimum Gasteiger partial charge on any atom is -0.381 e. The van der Waals surface area contributed by atoms with Crippen LogP contribution in [0.25, 0.3) is 5.95 Å². The van der Waals surface area contributed by atoms with Crippen molar-refractivity contribution in [2.24, 2.45) is 5.92 Å². The molecule has 2 aromatic rings. The van der Waals surface area contributed by atoms with Gasteiger partial charge in [-0.05, 0) is 13.3 Å². The molecule has 2 N–H and O–H groups in total. The number of anilines is 2. The fourth-order valence-electron chi connectivity index (χ4n) is 2.22. The molecule has 21 heavy (non-hydrogen) atoms. The van der Waals surface area contributed by atoms with Gasteiger partial charge in [0.25, 0.3) is 5.95 Å². The molecule has 1 aliphatic rings. The maximum atomic E-state index is 5.42. The number of hydrogen-bond acceptors (Lipinski definition) is 8. The van der Waals surface area contributed by atoms with Gasteiger partial charge in [-0.3, -0.25) is 0 Å². The van der Waals surface area contributed by atoms with Crippen LogP contribution < -0.4 is 10.6 Å². The maximum absolute atomic E-state index is 5.42. The van der Waals surface area contributed by atoms with Crippen LogP contribution in [0.4, 0.5) is 11.9 Å². The van der Waals surface area contributed by atoms with Gasteiger partial charge >= 0.3 is 0 Å². The summed E-state index contributed by atoms with van der Waals surface area (Å²) >= 11 is 0. The normalized spacial score (nSPS) is 19.4. The molecular formula is C12H18N8O.